The Morgan fingerprint density at radius 2 is 2.33 bits per heavy atom. The predicted molar refractivity (Wildman–Crippen MR) is 73.5 cm³/mol. The molecule has 3 N–H and O–H groups in total. The van der Waals surface area contributed by atoms with Gasteiger partial charge in [0.25, 0.3) is 5.91 Å². The Hall–Kier alpha value is -1.53. The number of carbonyl (C=O) groups is 1. The number of nitrogens with zero attached hydrogens (tertiary/aromatic N) is 1. The fourth-order valence-electron chi connectivity index (χ4n) is 1.34. The average Bonchev–Trinajstić information content (AvgIpc) is 2.36. The lowest BCUT2D eigenvalue weighted by Crippen LogP contribution is -2.33. The minimum Gasteiger partial charge on any atom is -0.389 e. The molecule has 98 valence electrons. The molecule has 0 spiro atoms. The van der Waals surface area contributed by atoms with Crippen LogP contribution in [0.3, 0.4) is 0 Å². The fraction of sp³-hybridized carbons (Fsp3) is 0.417. The van der Waals surface area contributed by atoms with Gasteiger partial charge in [0.15, 0.2) is 0 Å². The Bertz CT molecular complexity index is 420. The van der Waals surface area contributed by atoms with E-state index in [9.17, 15) is 4.79 Å². The van der Waals surface area contributed by atoms with Crippen molar-refractivity contribution in [1.82, 2.24) is 10.3 Å². The molecule has 0 saturated heterocycles. The number of nitrogens with two attached hydrogens (primary N) is 1. The quantitative estimate of drug-likeness (QED) is 0.748. The van der Waals surface area contributed by atoms with Crippen LogP contribution in [0.2, 0.25) is 0 Å². The maximum atomic E-state index is 11.8. The third kappa shape index (κ3) is 4.38. The van der Waals surface area contributed by atoms with Gasteiger partial charge in [-0.2, -0.15) is 0 Å². The number of nitrogens with one attached hydrogen (secondary N) is 1. The molecule has 0 bridgehead atoms. The number of amides is 1. The van der Waals surface area contributed by atoms with Crippen molar-refractivity contribution < 1.29 is 9.53 Å². The molecule has 1 heterocycles. The normalized spacial score (nSPS) is 11.9. The van der Waals surface area contributed by atoms with Gasteiger partial charge in [-0.15, -0.1) is 0 Å². The van der Waals surface area contributed by atoms with E-state index in [0.29, 0.717) is 17.9 Å². The number of thiocarbonyl (C=S) groups is 1. The predicted octanol–water partition coefficient (Wildman–Crippen LogP) is 0.871. The minimum absolute atomic E-state index is 0.0366. The lowest BCUT2D eigenvalue weighted by atomic mass is 10.2. The van der Waals surface area contributed by atoms with Gasteiger partial charge >= 0.3 is 0 Å². The monoisotopic (exact) mass is 267 g/mol. The van der Waals surface area contributed by atoms with Crippen LogP contribution in [0.15, 0.2) is 18.3 Å². The van der Waals surface area contributed by atoms with Gasteiger partial charge in [0, 0.05) is 31.5 Å². The summed E-state index contributed by atoms with van der Waals surface area (Å²) in [6, 6.07) is 3.33. The van der Waals surface area contributed by atoms with Crippen LogP contribution in [-0.4, -0.2) is 35.6 Å². The lowest BCUT2D eigenvalue weighted by Gasteiger charge is -2.12. The number of rotatable bonds is 6. The first-order chi connectivity index (χ1) is 8.54. The topological polar surface area (TPSA) is 77.2 Å². The van der Waals surface area contributed by atoms with E-state index in [2.05, 4.69) is 10.3 Å². The molecule has 1 aromatic heterocycles. The number of hydrogen-bond donors (Lipinski definition) is 2. The average molecular weight is 267 g/mol. The van der Waals surface area contributed by atoms with Gasteiger partial charge in [0.2, 0.25) is 0 Å². The van der Waals surface area contributed by atoms with Crippen LogP contribution >= 0.6 is 12.2 Å². The molecule has 6 heteroatoms. The Labute approximate surface area is 112 Å². The zero-order chi connectivity index (χ0) is 13.5. The summed E-state index contributed by atoms with van der Waals surface area (Å²) in [5.41, 5.74) is 6.45. The van der Waals surface area contributed by atoms with Crippen LogP contribution in [0.25, 0.3) is 0 Å². The zero-order valence-electron chi connectivity index (χ0n) is 10.5. The molecular formula is C12H17N3O2S. The van der Waals surface area contributed by atoms with Gasteiger partial charge in [-0.3, -0.25) is 9.78 Å². The van der Waals surface area contributed by atoms with E-state index in [1.165, 1.54) is 6.20 Å². The molecular weight excluding hydrogens is 250 g/mol. The second kappa shape index (κ2) is 7.03. The summed E-state index contributed by atoms with van der Waals surface area (Å²) in [6.07, 6.45) is 2.25. The standard InChI is InChI=1S/C12H17N3O2S/c1-8(5-6-17-2)15-12(16)10-4-3-9(7-14-10)11(13)18/h3-4,7-8H,5-6H2,1-2H3,(H2,13,18)(H,15,16). The summed E-state index contributed by atoms with van der Waals surface area (Å²) in [6.45, 7) is 2.52. The largest absolute Gasteiger partial charge is 0.389 e. The van der Waals surface area contributed by atoms with E-state index < -0.39 is 0 Å². The molecule has 0 saturated carbocycles. The van der Waals surface area contributed by atoms with Gasteiger partial charge in [0.1, 0.15) is 10.7 Å². The summed E-state index contributed by atoms with van der Waals surface area (Å²) in [7, 11) is 1.63. The van der Waals surface area contributed by atoms with E-state index in [4.69, 9.17) is 22.7 Å². The first kappa shape index (κ1) is 14.5. The minimum atomic E-state index is -0.215. The SMILES string of the molecule is COCCC(C)NC(=O)c1ccc(C(N)=S)cn1. The summed E-state index contributed by atoms with van der Waals surface area (Å²) in [5, 5.41) is 2.83. The Balaban J connectivity index is 2.58. The van der Waals surface area contributed by atoms with Gasteiger partial charge < -0.3 is 15.8 Å². The van der Waals surface area contributed by atoms with E-state index in [1.54, 1.807) is 19.2 Å². The van der Waals surface area contributed by atoms with Gasteiger partial charge in [-0.05, 0) is 25.5 Å². The number of hydrogen-bond acceptors (Lipinski definition) is 4. The van der Waals surface area contributed by atoms with E-state index in [1.807, 2.05) is 6.92 Å². The molecule has 0 radical (unpaired) electrons. The smallest absolute Gasteiger partial charge is 0.270 e. The number of carbonyl (C=O) groups excluding carboxylic acids is 1. The van der Waals surface area contributed by atoms with Crippen LogP contribution in [0, 0.1) is 0 Å². The van der Waals surface area contributed by atoms with Crippen molar-refractivity contribution in [3.63, 3.8) is 0 Å². The summed E-state index contributed by atoms with van der Waals surface area (Å²) >= 11 is 4.81. The highest BCUT2D eigenvalue weighted by Gasteiger charge is 2.11. The van der Waals surface area contributed by atoms with E-state index in [0.717, 1.165) is 6.42 Å². The number of pyridine rings is 1. The number of methoxy groups -OCH3 is 1. The number of aromatic nitrogens is 1. The Kier molecular flexibility index (Phi) is 5.67. The Morgan fingerprint density at radius 3 is 2.83 bits per heavy atom. The molecule has 0 aliphatic rings. The highest BCUT2D eigenvalue weighted by atomic mass is 32.1. The molecule has 1 atom stereocenters. The van der Waals surface area contributed by atoms with Crippen molar-refractivity contribution in [2.75, 3.05) is 13.7 Å². The molecule has 0 fully saturated rings. The Morgan fingerprint density at radius 1 is 1.61 bits per heavy atom. The first-order valence-electron chi connectivity index (χ1n) is 5.60. The van der Waals surface area contributed by atoms with Crippen LogP contribution in [0.5, 0.6) is 0 Å². The van der Waals surface area contributed by atoms with Gasteiger partial charge in [-0.1, -0.05) is 12.2 Å². The molecule has 5 nitrogen and oxygen atoms in total. The lowest BCUT2D eigenvalue weighted by molar-refractivity contribution is 0.0924. The highest BCUT2D eigenvalue weighted by molar-refractivity contribution is 7.80. The first-order valence-corrected chi connectivity index (χ1v) is 6.01. The molecule has 1 unspecified atom stereocenters. The van der Waals surface area contributed by atoms with Crippen molar-refractivity contribution in [3.05, 3.63) is 29.6 Å². The van der Waals surface area contributed by atoms with Crippen molar-refractivity contribution in [1.29, 1.82) is 0 Å². The van der Waals surface area contributed by atoms with E-state index >= 15 is 0 Å². The van der Waals surface area contributed by atoms with Gasteiger partial charge in [-0.25, -0.2) is 0 Å². The van der Waals surface area contributed by atoms with Crippen molar-refractivity contribution in [2.24, 2.45) is 5.73 Å². The van der Waals surface area contributed by atoms with Crippen LogP contribution in [0.1, 0.15) is 29.4 Å². The molecule has 0 aliphatic carbocycles. The van der Waals surface area contributed by atoms with Crippen molar-refractivity contribution >= 4 is 23.1 Å². The molecule has 1 aromatic rings. The molecule has 1 amide bonds. The van der Waals surface area contributed by atoms with E-state index in [-0.39, 0.29) is 16.9 Å². The van der Waals surface area contributed by atoms with Crippen LogP contribution in [-0.2, 0) is 4.74 Å². The third-order valence-corrected chi connectivity index (χ3v) is 2.65. The second-order valence-electron chi connectivity index (χ2n) is 3.95. The third-order valence-electron chi connectivity index (χ3n) is 2.41. The summed E-state index contributed by atoms with van der Waals surface area (Å²) in [5.74, 6) is -0.215. The molecule has 0 aliphatic heterocycles. The van der Waals surface area contributed by atoms with Gasteiger partial charge in [0.05, 0.1) is 0 Å². The maximum Gasteiger partial charge on any atom is 0.270 e. The highest BCUT2D eigenvalue weighted by Crippen LogP contribution is 2.01. The van der Waals surface area contributed by atoms with Crippen LogP contribution in [0.4, 0.5) is 0 Å². The molecule has 18 heavy (non-hydrogen) atoms. The summed E-state index contributed by atoms with van der Waals surface area (Å²) in [4.78, 5) is 16.1. The van der Waals surface area contributed by atoms with Crippen LogP contribution < -0.4 is 11.1 Å². The molecule has 0 aromatic carbocycles. The second-order valence-corrected chi connectivity index (χ2v) is 4.39. The fourth-order valence-corrected chi connectivity index (χ4v) is 1.46. The van der Waals surface area contributed by atoms with Crippen molar-refractivity contribution in [3.8, 4) is 0 Å². The number of ether oxygens (including phenoxy) is 1. The summed E-state index contributed by atoms with van der Waals surface area (Å²) < 4.78 is 4.95. The van der Waals surface area contributed by atoms with Crippen molar-refractivity contribution in [2.45, 2.75) is 19.4 Å². The zero-order valence-corrected chi connectivity index (χ0v) is 11.3. The molecule has 1 rings (SSSR count). The maximum absolute atomic E-state index is 11.8.